The van der Waals surface area contributed by atoms with Crippen molar-refractivity contribution in [3.63, 3.8) is 0 Å². The average molecular weight is 448 g/mol. The Hall–Kier alpha value is -0.540. The topological polar surface area (TPSA) is 167 Å². The summed E-state index contributed by atoms with van der Waals surface area (Å²) in [5.74, 6) is -2.13. The third kappa shape index (κ3) is 5.75. The van der Waals surface area contributed by atoms with Gasteiger partial charge in [0, 0.05) is 10.8 Å². The molecule has 0 aliphatic rings. The number of rotatable bonds is 4. The number of hydrogen-bond acceptors (Lipinski definition) is 10. The molecule has 0 spiro atoms. The maximum absolute atomic E-state index is 11.7. The number of carbonyl (C=O) groups is 2. The summed E-state index contributed by atoms with van der Waals surface area (Å²) in [6.45, 7) is 0. The van der Waals surface area contributed by atoms with Crippen LogP contribution < -0.4 is 59.1 Å². The number of esters is 2. The third-order valence-electron chi connectivity index (χ3n) is 3.37. The predicted molar refractivity (Wildman–Crippen MR) is 82.6 cm³/mol. The molecular weight excluding hydrogens is 438 g/mol. The predicted octanol–water partition coefficient (Wildman–Crippen LogP) is -5.77. The Balaban J connectivity index is 0.00000364. The van der Waals surface area contributed by atoms with Gasteiger partial charge in [0.05, 0.1) is 35.1 Å². The van der Waals surface area contributed by atoms with Crippen molar-refractivity contribution in [2.75, 3.05) is 14.2 Å². The summed E-state index contributed by atoms with van der Waals surface area (Å²) in [5, 5.41) is -1.05. The molecule has 0 unspecified atom stereocenters. The van der Waals surface area contributed by atoms with E-state index in [1.54, 1.807) is 0 Å². The van der Waals surface area contributed by atoms with Gasteiger partial charge in [-0.1, -0.05) is 0 Å². The maximum atomic E-state index is 11.7. The van der Waals surface area contributed by atoms with Crippen molar-refractivity contribution in [2.24, 2.45) is 0 Å². The van der Waals surface area contributed by atoms with E-state index in [1.807, 2.05) is 0 Å². The van der Waals surface area contributed by atoms with Gasteiger partial charge in [-0.3, -0.25) is 0 Å². The molecule has 0 saturated heterocycles. The van der Waals surface area contributed by atoms with E-state index in [9.17, 15) is 35.5 Å². The largest absolute Gasteiger partial charge is 1.00 e. The van der Waals surface area contributed by atoms with Crippen LogP contribution in [0.4, 0.5) is 0 Å². The Labute approximate surface area is 204 Å². The molecule has 28 heavy (non-hydrogen) atoms. The molecule has 0 radical (unpaired) electrons. The molecule has 2 aromatic carbocycles. The molecule has 10 nitrogen and oxygen atoms in total. The summed E-state index contributed by atoms with van der Waals surface area (Å²) >= 11 is 0. The van der Waals surface area contributed by atoms with Crippen LogP contribution in [0.5, 0.6) is 0 Å². The zero-order valence-electron chi connectivity index (χ0n) is 15.2. The van der Waals surface area contributed by atoms with Crippen LogP contribution in [-0.2, 0) is 29.7 Å². The van der Waals surface area contributed by atoms with Gasteiger partial charge < -0.3 is 18.6 Å². The number of hydrogen-bond donors (Lipinski definition) is 0. The van der Waals surface area contributed by atoms with Crippen LogP contribution in [-0.4, -0.2) is 52.1 Å². The zero-order valence-corrected chi connectivity index (χ0v) is 20.8. The third-order valence-corrected chi connectivity index (χ3v) is 5.13. The summed E-state index contributed by atoms with van der Waals surface area (Å²) in [7, 11) is -8.47. The number of ether oxygens (including phenoxy) is 2. The first kappa shape index (κ1) is 27.5. The smallest absolute Gasteiger partial charge is 0.744 e. The van der Waals surface area contributed by atoms with Gasteiger partial charge in [-0.2, -0.15) is 0 Å². The van der Waals surface area contributed by atoms with Crippen LogP contribution in [0.25, 0.3) is 10.8 Å². The quantitative estimate of drug-likeness (QED) is 0.250. The van der Waals surface area contributed by atoms with Gasteiger partial charge in [-0.25, -0.2) is 26.4 Å². The van der Waals surface area contributed by atoms with E-state index in [2.05, 4.69) is 9.47 Å². The van der Waals surface area contributed by atoms with Gasteiger partial charge >= 0.3 is 71.1 Å². The Bertz CT molecular complexity index is 1050. The molecule has 0 bridgehead atoms. The molecular formula is C14H10Na2O10S2. The standard InChI is InChI=1S/C14H12O10S2.2Na/c1-23-13(15)7-3-9-10(11(5-7)25(17,18)19)4-8(14(16)24-2)6-12(9)26(20,21)22;;/h3-6H,1-2H3,(H,17,18,19)(H,20,21,22);;/q;2*+1/p-2. The molecule has 0 fully saturated rings. The van der Waals surface area contributed by atoms with E-state index >= 15 is 0 Å². The molecule has 0 saturated carbocycles. The summed E-state index contributed by atoms with van der Waals surface area (Å²) in [4.78, 5) is 21.4. The van der Waals surface area contributed by atoms with Crippen LogP contribution in [0.2, 0.25) is 0 Å². The molecule has 14 heteroatoms. The molecule has 2 rings (SSSR count). The van der Waals surface area contributed by atoms with Crippen molar-refractivity contribution >= 4 is 42.9 Å². The minimum Gasteiger partial charge on any atom is -0.744 e. The average Bonchev–Trinajstić information content (AvgIpc) is 2.56. The first-order valence-corrected chi connectivity index (χ1v) is 9.42. The Morgan fingerprint density at radius 2 is 1.00 bits per heavy atom. The van der Waals surface area contributed by atoms with E-state index in [1.165, 1.54) is 0 Å². The SMILES string of the molecule is COC(=O)c1cc(S(=O)(=O)[O-])c2cc(C(=O)OC)cc(S(=O)(=O)[O-])c2c1.[Na+].[Na+]. The minimum absolute atomic E-state index is 0. The van der Waals surface area contributed by atoms with Crippen molar-refractivity contribution in [3.8, 4) is 0 Å². The fourth-order valence-corrected chi connectivity index (χ4v) is 3.70. The monoisotopic (exact) mass is 448 g/mol. The van der Waals surface area contributed by atoms with Crippen LogP contribution in [0, 0.1) is 0 Å². The molecule has 0 heterocycles. The van der Waals surface area contributed by atoms with Gasteiger partial charge in [0.2, 0.25) is 0 Å². The van der Waals surface area contributed by atoms with Gasteiger partial charge in [0.1, 0.15) is 20.2 Å². The number of carbonyl (C=O) groups excluding carboxylic acids is 2. The molecule has 0 atom stereocenters. The fourth-order valence-electron chi connectivity index (χ4n) is 2.28. The summed E-state index contributed by atoms with van der Waals surface area (Å²) in [5.41, 5.74) is -0.935. The number of benzene rings is 2. The Kier molecular flexibility index (Phi) is 9.79. The summed E-state index contributed by atoms with van der Waals surface area (Å²) in [6, 6.07) is 3.08. The molecule has 140 valence electrons. The second kappa shape index (κ2) is 9.98. The van der Waals surface area contributed by atoms with E-state index in [0.717, 1.165) is 26.4 Å². The van der Waals surface area contributed by atoms with Crippen molar-refractivity contribution in [1.82, 2.24) is 0 Å². The Morgan fingerprint density at radius 3 is 1.21 bits per heavy atom. The van der Waals surface area contributed by atoms with Crippen molar-refractivity contribution in [1.29, 1.82) is 0 Å². The minimum atomic E-state index is -5.21. The van der Waals surface area contributed by atoms with E-state index in [-0.39, 0.29) is 59.1 Å². The second-order valence-electron chi connectivity index (χ2n) is 4.94. The van der Waals surface area contributed by atoms with Crippen LogP contribution in [0.15, 0.2) is 34.1 Å². The molecule has 0 N–H and O–H groups in total. The molecule has 0 aliphatic heterocycles. The van der Waals surface area contributed by atoms with Crippen LogP contribution >= 0.6 is 0 Å². The fraction of sp³-hybridized carbons (Fsp3) is 0.143. The zero-order chi connectivity index (χ0) is 19.9. The van der Waals surface area contributed by atoms with E-state index in [0.29, 0.717) is 12.1 Å². The molecule has 0 aromatic heterocycles. The Morgan fingerprint density at radius 1 is 0.714 bits per heavy atom. The summed E-state index contributed by atoms with van der Waals surface area (Å²) in [6.07, 6.45) is 0. The first-order chi connectivity index (χ1) is 11.9. The molecule has 0 aliphatic carbocycles. The van der Waals surface area contributed by atoms with E-state index in [4.69, 9.17) is 0 Å². The first-order valence-electron chi connectivity index (χ1n) is 6.60. The van der Waals surface area contributed by atoms with Crippen molar-refractivity contribution < 1.29 is 104 Å². The molecule has 0 amide bonds. The second-order valence-corrected chi connectivity index (χ2v) is 7.63. The van der Waals surface area contributed by atoms with Gasteiger partial charge in [-0.15, -0.1) is 0 Å². The van der Waals surface area contributed by atoms with Gasteiger partial charge in [0.15, 0.2) is 0 Å². The van der Waals surface area contributed by atoms with Gasteiger partial charge in [-0.05, 0) is 24.3 Å². The van der Waals surface area contributed by atoms with Crippen molar-refractivity contribution in [3.05, 3.63) is 35.4 Å². The number of fused-ring (bicyclic) bond motifs is 1. The summed E-state index contributed by atoms with van der Waals surface area (Å²) < 4.78 is 78.3. The van der Waals surface area contributed by atoms with Crippen LogP contribution in [0.3, 0.4) is 0 Å². The maximum Gasteiger partial charge on any atom is 1.00 e. The number of methoxy groups -OCH3 is 2. The normalized spacial score (nSPS) is 11.1. The van der Waals surface area contributed by atoms with Gasteiger partial charge in [0.25, 0.3) is 0 Å². The molecule has 2 aromatic rings. The van der Waals surface area contributed by atoms with E-state index < -0.39 is 63.9 Å². The van der Waals surface area contributed by atoms with Crippen LogP contribution in [0.1, 0.15) is 20.7 Å². The van der Waals surface area contributed by atoms with Crippen molar-refractivity contribution in [2.45, 2.75) is 9.79 Å².